The van der Waals surface area contributed by atoms with E-state index in [2.05, 4.69) is 4.98 Å². The number of alkyl halides is 3. The number of likely N-dealkylation sites (tertiary alicyclic amines) is 1. The van der Waals surface area contributed by atoms with Crippen LogP contribution in [-0.4, -0.2) is 40.8 Å². The molecule has 0 aromatic carbocycles. The van der Waals surface area contributed by atoms with E-state index in [1.165, 1.54) is 12.1 Å². The summed E-state index contributed by atoms with van der Waals surface area (Å²) in [7, 11) is 0. The molecule has 2 heterocycles. The van der Waals surface area contributed by atoms with Crippen LogP contribution in [0.15, 0.2) is 18.3 Å². The van der Waals surface area contributed by atoms with E-state index in [9.17, 15) is 18.0 Å². The average Bonchev–Trinajstić information content (AvgIpc) is 3.02. The van der Waals surface area contributed by atoms with Crippen LogP contribution in [0.3, 0.4) is 0 Å². The molecule has 2 rings (SSSR count). The van der Waals surface area contributed by atoms with E-state index < -0.39 is 29.7 Å². The minimum absolute atomic E-state index is 0.0730. The van der Waals surface area contributed by atoms with E-state index in [4.69, 9.17) is 9.47 Å². The summed E-state index contributed by atoms with van der Waals surface area (Å²) >= 11 is 0. The van der Waals surface area contributed by atoms with Gasteiger partial charge in [0.05, 0.1) is 0 Å². The first-order valence-corrected chi connectivity index (χ1v) is 9.53. The van der Waals surface area contributed by atoms with Gasteiger partial charge in [0.1, 0.15) is 11.7 Å². The van der Waals surface area contributed by atoms with Crippen molar-refractivity contribution in [2.45, 2.75) is 65.3 Å². The lowest BCUT2D eigenvalue weighted by Gasteiger charge is -2.28. The molecule has 158 valence electrons. The van der Waals surface area contributed by atoms with Crippen molar-refractivity contribution in [2.24, 2.45) is 11.8 Å². The summed E-state index contributed by atoms with van der Waals surface area (Å²) in [5.74, 6) is -0.112. The highest BCUT2D eigenvalue weighted by atomic mass is 19.4. The number of hydrogen-bond donors (Lipinski definition) is 0. The summed E-state index contributed by atoms with van der Waals surface area (Å²) in [4.78, 5) is 17.4. The molecule has 1 saturated heterocycles. The molecule has 0 saturated carbocycles. The summed E-state index contributed by atoms with van der Waals surface area (Å²) < 4.78 is 51.0. The van der Waals surface area contributed by atoms with Gasteiger partial charge in [0, 0.05) is 25.2 Å². The lowest BCUT2D eigenvalue weighted by molar-refractivity contribution is -0.143. The van der Waals surface area contributed by atoms with Crippen molar-refractivity contribution in [3.8, 4) is 5.75 Å². The fourth-order valence-electron chi connectivity index (χ4n) is 3.25. The third-order valence-electron chi connectivity index (χ3n) is 4.42. The summed E-state index contributed by atoms with van der Waals surface area (Å²) in [5.41, 5.74) is -1.62. The number of carbonyl (C=O) groups excluding carboxylic acids is 1. The van der Waals surface area contributed by atoms with Crippen molar-refractivity contribution in [3.05, 3.63) is 24.0 Å². The maximum absolute atomic E-state index is 13.3. The van der Waals surface area contributed by atoms with E-state index in [1.54, 1.807) is 25.7 Å². The van der Waals surface area contributed by atoms with Gasteiger partial charge in [0.2, 0.25) is 0 Å². The maximum Gasteiger partial charge on any atom is 0.437 e. The quantitative estimate of drug-likeness (QED) is 0.683. The zero-order valence-electron chi connectivity index (χ0n) is 17.0. The zero-order valence-corrected chi connectivity index (χ0v) is 17.0. The molecule has 1 unspecified atom stereocenters. The first-order valence-electron chi connectivity index (χ1n) is 9.53. The number of hydrogen-bond acceptors (Lipinski definition) is 4. The van der Waals surface area contributed by atoms with Crippen LogP contribution in [0.2, 0.25) is 0 Å². The van der Waals surface area contributed by atoms with Crippen LogP contribution in [0.5, 0.6) is 5.75 Å². The molecule has 8 heteroatoms. The van der Waals surface area contributed by atoms with Gasteiger partial charge in [-0.1, -0.05) is 13.8 Å². The fourth-order valence-corrected chi connectivity index (χ4v) is 3.25. The first-order chi connectivity index (χ1) is 12.9. The standard InChI is InChI=1S/C20H29F3N2O3/c1-13(2)11-16(27-15-7-6-9-24-17(15)20(21,22)23)14-8-10-25(12-14)18(26)28-19(3,4)5/h6-7,9,13-14,16H,8,10-12H2,1-5H3/t14-,16?/m0/s1. The molecular weight excluding hydrogens is 373 g/mol. The lowest BCUT2D eigenvalue weighted by Crippen LogP contribution is -2.37. The highest BCUT2D eigenvalue weighted by Crippen LogP contribution is 2.36. The van der Waals surface area contributed by atoms with E-state index >= 15 is 0 Å². The zero-order chi connectivity index (χ0) is 21.1. The molecule has 1 aromatic rings. The van der Waals surface area contributed by atoms with Crippen LogP contribution in [0, 0.1) is 11.8 Å². The maximum atomic E-state index is 13.3. The van der Waals surface area contributed by atoms with Gasteiger partial charge in [-0.15, -0.1) is 0 Å². The highest BCUT2D eigenvalue weighted by Gasteiger charge is 2.39. The number of carbonyl (C=O) groups is 1. The van der Waals surface area contributed by atoms with Gasteiger partial charge in [0.25, 0.3) is 0 Å². The van der Waals surface area contributed by atoms with Crippen LogP contribution >= 0.6 is 0 Å². The summed E-state index contributed by atoms with van der Waals surface area (Å²) in [5, 5.41) is 0. The Morgan fingerprint density at radius 3 is 2.57 bits per heavy atom. The second kappa shape index (κ2) is 8.57. The van der Waals surface area contributed by atoms with Gasteiger partial charge in [0.15, 0.2) is 11.4 Å². The molecule has 0 N–H and O–H groups in total. The molecule has 1 fully saturated rings. The Balaban J connectivity index is 2.15. The van der Waals surface area contributed by atoms with Gasteiger partial charge in [-0.25, -0.2) is 9.78 Å². The van der Waals surface area contributed by atoms with Gasteiger partial charge in [-0.2, -0.15) is 13.2 Å². The molecule has 0 bridgehead atoms. The number of amides is 1. The minimum Gasteiger partial charge on any atom is -0.488 e. The molecule has 0 aliphatic carbocycles. The Morgan fingerprint density at radius 1 is 1.32 bits per heavy atom. The van der Waals surface area contributed by atoms with Gasteiger partial charge in [-0.3, -0.25) is 0 Å². The largest absolute Gasteiger partial charge is 0.488 e. The molecule has 1 aliphatic rings. The predicted octanol–water partition coefficient (Wildman–Crippen LogP) is 5.15. The number of ether oxygens (including phenoxy) is 2. The Kier molecular flexibility index (Phi) is 6.83. The Bertz CT molecular complexity index is 671. The molecule has 1 aromatic heterocycles. The van der Waals surface area contributed by atoms with Crippen molar-refractivity contribution in [1.82, 2.24) is 9.88 Å². The van der Waals surface area contributed by atoms with Crippen LogP contribution in [-0.2, 0) is 10.9 Å². The average molecular weight is 402 g/mol. The van der Waals surface area contributed by atoms with Crippen molar-refractivity contribution in [1.29, 1.82) is 0 Å². The second-order valence-electron chi connectivity index (χ2n) is 8.61. The number of halogens is 3. The van der Waals surface area contributed by atoms with E-state index in [-0.39, 0.29) is 17.6 Å². The van der Waals surface area contributed by atoms with Crippen molar-refractivity contribution in [3.63, 3.8) is 0 Å². The molecule has 2 atom stereocenters. The monoisotopic (exact) mass is 402 g/mol. The number of rotatable bonds is 5. The van der Waals surface area contributed by atoms with Crippen LogP contribution in [0.4, 0.5) is 18.0 Å². The minimum atomic E-state index is -4.59. The SMILES string of the molecule is CC(C)CC(Oc1cccnc1C(F)(F)F)[C@H]1CCN(C(=O)OC(C)(C)C)C1. The van der Waals surface area contributed by atoms with Crippen molar-refractivity contribution < 1.29 is 27.4 Å². The second-order valence-corrected chi connectivity index (χ2v) is 8.61. The van der Waals surface area contributed by atoms with Crippen molar-refractivity contribution in [2.75, 3.05) is 13.1 Å². The normalized spacial score (nSPS) is 19.0. The van der Waals surface area contributed by atoms with Crippen LogP contribution in [0.25, 0.3) is 0 Å². The van der Waals surface area contributed by atoms with Crippen LogP contribution in [0.1, 0.15) is 53.2 Å². The fraction of sp³-hybridized carbons (Fsp3) is 0.700. The first kappa shape index (κ1) is 22.3. The molecule has 5 nitrogen and oxygen atoms in total. The van der Waals surface area contributed by atoms with Gasteiger partial charge in [-0.05, 0) is 51.7 Å². The number of nitrogens with zero attached hydrogens (tertiary/aromatic N) is 2. The van der Waals surface area contributed by atoms with E-state index in [0.29, 0.717) is 25.9 Å². The molecule has 0 radical (unpaired) electrons. The third kappa shape index (κ3) is 6.27. The highest BCUT2D eigenvalue weighted by molar-refractivity contribution is 5.68. The Morgan fingerprint density at radius 2 is 2.00 bits per heavy atom. The molecule has 1 amide bonds. The third-order valence-corrected chi connectivity index (χ3v) is 4.42. The van der Waals surface area contributed by atoms with Gasteiger partial charge >= 0.3 is 12.3 Å². The Labute approximate surface area is 164 Å². The van der Waals surface area contributed by atoms with E-state index in [0.717, 1.165) is 6.20 Å². The molecule has 0 spiro atoms. The topological polar surface area (TPSA) is 51.7 Å². The smallest absolute Gasteiger partial charge is 0.437 e. The van der Waals surface area contributed by atoms with Gasteiger partial charge < -0.3 is 14.4 Å². The number of aromatic nitrogens is 1. The molecule has 28 heavy (non-hydrogen) atoms. The van der Waals surface area contributed by atoms with E-state index in [1.807, 2.05) is 13.8 Å². The van der Waals surface area contributed by atoms with Crippen LogP contribution < -0.4 is 4.74 Å². The number of pyridine rings is 1. The summed E-state index contributed by atoms with van der Waals surface area (Å²) in [6.07, 6.45) is -3.10. The molecular formula is C20H29F3N2O3. The Hall–Kier alpha value is -1.99. The predicted molar refractivity (Wildman–Crippen MR) is 99.0 cm³/mol. The van der Waals surface area contributed by atoms with Crippen molar-refractivity contribution >= 4 is 6.09 Å². The summed E-state index contributed by atoms with van der Waals surface area (Å²) in [6, 6.07) is 2.72. The molecule has 1 aliphatic heterocycles. The lowest BCUT2D eigenvalue weighted by atomic mass is 9.93. The summed E-state index contributed by atoms with van der Waals surface area (Å²) in [6.45, 7) is 10.3.